The Morgan fingerprint density at radius 2 is 1.65 bits per heavy atom. The first-order valence-corrected chi connectivity index (χ1v) is 8.17. The van der Waals surface area contributed by atoms with Crippen LogP contribution in [0.3, 0.4) is 0 Å². The molecular formula is C19H19N3O4. The van der Waals surface area contributed by atoms with E-state index in [0.717, 1.165) is 16.7 Å². The number of nitro groups is 1. The number of hydrogen-bond acceptors (Lipinski definition) is 4. The average molecular weight is 353 g/mol. The number of non-ortho nitro benzene ring substituents is 1. The summed E-state index contributed by atoms with van der Waals surface area (Å²) in [7, 11) is 0. The Bertz CT molecular complexity index is 887. The molecule has 26 heavy (non-hydrogen) atoms. The van der Waals surface area contributed by atoms with Crippen LogP contribution >= 0.6 is 0 Å². The van der Waals surface area contributed by atoms with Gasteiger partial charge >= 0.3 is 6.03 Å². The zero-order chi connectivity index (χ0) is 19.1. The summed E-state index contributed by atoms with van der Waals surface area (Å²) in [5.74, 6) is -0.379. The summed E-state index contributed by atoms with van der Waals surface area (Å²) in [4.78, 5) is 36.8. The molecule has 1 aliphatic heterocycles. The highest BCUT2D eigenvalue weighted by molar-refractivity contribution is 6.07. The standard InChI is InChI=1S/C19H19N3O4/c1-12-8-13(2)10-14(9-12)11-21-17(23)19(3,20-18(21)24)15-4-6-16(7-5-15)22(25)26/h4-10H,11H2,1-3H3,(H,20,24). The van der Waals surface area contributed by atoms with E-state index in [0.29, 0.717) is 5.56 Å². The average Bonchev–Trinajstić information content (AvgIpc) is 2.78. The van der Waals surface area contributed by atoms with E-state index in [2.05, 4.69) is 5.32 Å². The van der Waals surface area contributed by atoms with E-state index in [1.165, 1.54) is 29.2 Å². The van der Waals surface area contributed by atoms with Gasteiger partial charge in [-0.15, -0.1) is 0 Å². The third-order valence-electron chi connectivity index (χ3n) is 4.55. The van der Waals surface area contributed by atoms with Crippen LogP contribution in [-0.4, -0.2) is 21.8 Å². The first-order chi connectivity index (χ1) is 12.2. The van der Waals surface area contributed by atoms with Crippen LogP contribution in [0.25, 0.3) is 0 Å². The molecule has 1 aliphatic rings. The lowest BCUT2D eigenvalue weighted by Gasteiger charge is -2.22. The summed E-state index contributed by atoms with van der Waals surface area (Å²) in [5.41, 5.74) is 2.19. The molecule has 134 valence electrons. The van der Waals surface area contributed by atoms with Crippen LogP contribution in [0.1, 0.15) is 29.2 Å². The number of aryl methyl sites for hydroxylation is 2. The number of nitro benzene ring substituents is 1. The van der Waals surface area contributed by atoms with E-state index in [1.54, 1.807) is 6.92 Å². The number of imide groups is 1. The Kier molecular flexibility index (Phi) is 4.23. The molecule has 2 aromatic rings. The van der Waals surface area contributed by atoms with Gasteiger partial charge < -0.3 is 5.32 Å². The van der Waals surface area contributed by atoms with Gasteiger partial charge in [-0.05, 0) is 44.0 Å². The Labute approximate surface area is 150 Å². The summed E-state index contributed by atoms with van der Waals surface area (Å²) in [6.45, 7) is 5.71. The van der Waals surface area contributed by atoms with Crippen molar-refractivity contribution in [2.45, 2.75) is 32.9 Å². The number of carbonyl (C=O) groups is 2. The number of rotatable bonds is 4. The van der Waals surface area contributed by atoms with E-state index in [9.17, 15) is 19.7 Å². The van der Waals surface area contributed by atoms with Gasteiger partial charge in [0.05, 0.1) is 11.5 Å². The molecule has 1 fully saturated rings. The molecule has 0 spiro atoms. The maximum atomic E-state index is 12.9. The minimum Gasteiger partial charge on any atom is -0.319 e. The summed E-state index contributed by atoms with van der Waals surface area (Å²) in [6.07, 6.45) is 0. The van der Waals surface area contributed by atoms with Crippen molar-refractivity contribution in [2.75, 3.05) is 0 Å². The van der Waals surface area contributed by atoms with Crippen molar-refractivity contribution < 1.29 is 14.5 Å². The van der Waals surface area contributed by atoms with Gasteiger partial charge in [-0.25, -0.2) is 4.79 Å². The summed E-state index contributed by atoms with van der Waals surface area (Å²) in [6, 6.07) is 11.1. The molecule has 0 aliphatic carbocycles. The smallest absolute Gasteiger partial charge is 0.319 e. The monoisotopic (exact) mass is 353 g/mol. The second kappa shape index (κ2) is 6.25. The first kappa shape index (κ1) is 17.6. The van der Waals surface area contributed by atoms with Crippen molar-refractivity contribution in [1.29, 1.82) is 0 Å². The minimum absolute atomic E-state index is 0.0683. The topological polar surface area (TPSA) is 92.6 Å². The first-order valence-electron chi connectivity index (χ1n) is 8.17. The number of carbonyl (C=O) groups excluding carboxylic acids is 2. The molecule has 1 heterocycles. The Balaban J connectivity index is 1.88. The molecule has 0 saturated carbocycles. The lowest BCUT2D eigenvalue weighted by atomic mass is 9.92. The van der Waals surface area contributed by atoms with Crippen LogP contribution in [0.2, 0.25) is 0 Å². The molecule has 7 nitrogen and oxygen atoms in total. The maximum absolute atomic E-state index is 12.9. The molecule has 3 amide bonds. The van der Waals surface area contributed by atoms with Gasteiger partial charge in [0.25, 0.3) is 11.6 Å². The number of hydrogen-bond donors (Lipinski definition) is 1. The quantitative estimate of drug-likeness (QED) is 0.519. The second-order valence-corrected chi connectivity index (χ2v) is 6.75. The van der Waals surface area contributed by atoms with Crippen LogP contribution < -0.4 is 5.32 Å². The second-order valence-electron chi connectivity index (χ2n) is 6.75. The van der Waals surface area contributed by atoms with Crippen molar-refractivity contribution in [3.63, 3.8) is 0 Å². The third kappa shape index (κ3) is 3.03. The predicted molar refractivity (Wildman–Crippen MR) is 95.4 cm³/mol. The normalized spacial score (nSPS) is 19.6. The molecule has 7 heteroatoms. The maximum Gasteiger partial charge on any atom is 0.325 e. The van der Waals surface area contributed by atoms with Gasteiger partial charge in [-0.3, -0.25) is 19.8 Å². The number of amides is 3. The van der Waals surface area contributed by atoms with Crippen LogP contribution in [0, 0.1) is 24.0 Å². The van der Waals surface area contributed by atoms with Gasteiger partial charge in [0.15, 0.2) is 0 Å². The molecular weight excluding hydrogens is 334 g/mol. The van der Waals surface area contributed by atoms with E-state index >= 15 is 0 Å². The molecule has 1 atom stereocenters. The summed E-state index contributed by atoms with van der Waals surface area (Å²) in [5, 5.41) is 13.5. The third-order valence-corrected chi connectivity index (χ3v) is 4.55. The van der Waals surface area contributed by atoms with Gasteiger partial charge in [0.1, 0.15) is 5.54 Å². The fourth-order valence-corrected chi connectivity index (χ4v) is 3.30. The summed E-state index contributed by atoms with van der Waals surface area (Å²) >= 11 is 0. The van der Waals surface area contributed by atoms with E-state index in [4.69, 9.17) is 0 Å². The zero-order valence-electron chi connectivity index (χ0n) is 14.8. The lowest BCUT2D eigenvalue weighted by Crippen LogP contribution is -2.40. The highest BCUT2D eigenvalue weighted by Gasteiger charge is 2.48. The highest BCUT2D eigenvalue weighted by atomic mass is 16.6. The van der Waals surface area contributed by atoms with Gasteiger partial charge in [0, 0.05) is 12.1 Å². The Hall–Kier alpha value is -3.22. The van der Waals surface area contributed by atoms with Crippen LogP contribution in [-0.2, 0) is 16.9 Å². The minimum atomic E-state index is -1.24. The molecule has 1 unspecified atom stereocenters. The largest absolute Gasteiger partial charge is 0.325 e. The van der Waals surface area contributed by atoms with Crippen molar-refractivity contribution in [2.24, 2.45) is 0 Å². The number of nitrogens with one attached hydrogen (secondary N) is 1. The molecule has 1 N–H and O–H groups in total. The van der Waals surface area contributed by atoms with E-state index in [-0.39, 0.29) is 18.1 Å². The number of urea groups is 1. The lowest BCUT2D eigenvalue weighted by molar-refractivity contribution is -0.384. The van der Waals surface area contributed by atoms with Gasteiger partial charge in [-0.2, -0.15) is 0 Å². The van der Waals surface area contributed by atoms with Crippen molar-refractivity contribution >= 4 is 17.6 Å². The fraction of sp³-hybridized carbons (Fsp3) is 0.263. The number of benzene rings is 2. The molecule has 0 bridgehead atoms. The van der Waals surface area contributed by atoms with Gasteiger partial charge in [0.2, 0.25) is 0 Å². The molecule has 0 aromatic heterocycles. The van der Waals surface area contributed by atoms with Crippen LogP contribution in [0.15, 0.2) is 42.5 Å². The molecule has 2 aromatic carbocycles. The van der Waals surface area contributed by atoms with Crippen LogP contribution in [0.4, 0.5) is 10.5 Å². The zero-order valence-corrected chi connectivity index (χ0v) is 14.8. The van der Waals surface area contributed by atoms with E-state index in [1.807, 2.05) is 32.0 Å². The van der Waals surface area contributed by atoms with Crippen molar-refractivity contribution in [1.82, 2.24) is 10.2 Å². The van der Waals surface area contributed by atoms with Gasteiger partial charge in [-0.1, -0.05) is 29.3 Å². The Morgan fingerprint density at radius 3 is 2.19 bits per heavy atom. The highest BCUT2D eigenvalue weighted by Crippen LogP contribution is 2.31. The Morgan fingerprint density at radius 1 is 1.08 bits per heavy atom. The van der Waals surface area contributed by atoms with Crippen molar-refractivity contribution in [3.8, 4) is 0 Å². The molecule has 3 rings (SSSR count). The van der Waals surface area contributed by atoms with Crippen molar-refractivity contribution in [3.05, 3.63) is 74.8 Å². The molecule has 0 radical (unpaired) electrons. The SMILES string of the molecule is Cc1cc(C)cc(CN2C(=O)NC(C)(c3ccc([N+](=O)[O-])cc3)C2=O)c1. The molecule has 1 saturated heterocycles. The number of nitrogens with zero attached hydrogens (tertiary/aromatic N) is 2. The van der Waals surface area contributed by atoms with E-state index < -0.39 is 16.5 Å². The fourth-order valence-electron chi connectivity index (χ4n) is 3.30. The summed E-state index contributed by atoms with van der Waals surface area (Å²) < 4.78 is 0. The van der Waals surface area contributed by atoms with Crippen LogP contribution in [0.5, 0.6) is 0 Å². The predicted octanol–water partition coefficient (Wildman–Crippen LogP) is 3.18.